The van der Waals surface area contributed by atoms with Gasteiger partial charge in [0.25, 0.3) is 6.01 Å². The fraction of sp³-hybridized carbons (Fsp3) is 0.154. The predicted molar refractivity (Wildman–Crippen MR) is 122 cm³/mol. The van der Waals surface area contributed by atoms with E-state index in [0.717, 1.165) is 22.3 Å². The molecular weight excluding hydrogens is 423 g/mol. The first-order valence-corrected chi connectivity index (χ1v) is 10.6. The molecule has 0 radical (unpaired) electrons. The van der Waals surface area contributed by atoms with E-state index in [4.69, 9.17) is 14.1 Å². The Labute approximate surface area is 189 Å². The van der Waals surface area contributed by atoms with Gasteiger partial charge in [-0.3, -0.25) is 0 Å². The smallest absolute Gasteiger partial charge is 0.334 e. The molecule has 0 bridgehead atoms. The maximum Gasteiger partial charge on any atom is 0.334 e. The summed E-state index contributed by atoms with van der Waals surface area (Å²) in [7, 11) is 0. The summed E-state index contributed by atoms with van der Waals surface area (Å²) in [5.41, 5.74) is 4.27. The number of aromatic nitrogens is 1. The number of carbonyl (C=O) groups is 1. The molecule has 0 amide bonds. The monoisotopic (exact) mass is 444 g/mol. The van der Waals surface area contributed by atoms with Gasteiger partial charge < -0.3 is 19.2 Å². The van der Waals surface area contributed by atoms with Crippen molar-refractivity contribution in [1.82, 2.24) is 4.98 Å². The van der Waals surface area contributed by atoms with Gasteiger partial charge in [-0.15, -0.1) is 0 Å². The molecule has 5 rings (SSSR count). The van der Waals surface area contributed by atoms with E-state index in [-0.39, 0.29) is 19.0 Å². The first-order valence-electron chi connectivity index (χ1n) is 10.6. The number of nitrogens with zero attached hydrogens (tertiary/aromatic N) is 2. The van der Waals surface area contributed by atoms with Gasteiger partial charge in [0.2, 0.25) is 0 Å². The van der Waals surface area contributed by atoms with Crippen molar-refractivity contribution < 1.29 is 23.4 Å². The molecule has 33 heavy (non-hydrogen) atoms. The molecule has 7 heteroatoms. The van der Waals surface area contributed by atoms with E-state index in [1.807, 2.05) is 54.6 Å². The molecule has 1 N–H and O–H groups in total. The summed E-state index contributed by atoms with van der Waals surface area (Å²) in [6, 6.07) is 24.2. The Bertz CT molecular complexity index is 1250. The number of aliphatic carboxylic acids is 1. The lowest BCUT2D eigenvalue weighted by molar-refractivity contribution is -0.150. The summed E-state index contributed by atoms with van der Waals surface area (Å²) < 4.78 is 24.8. The zero-order chi connectivity index (χ0) is 22.8. The molecular formula is C26H21FN2O4. The topological polar surface area (TPSA) is 75.8 Å². The number of carboxylic acid groups (broad SMARTS) is 1. The van der Waals surface area contributed by atoms with Gasteiger partial charge in [0.1, 0.15) is 11.5 Å². The molecule has 1 saturated heterocycles. The second-order valence-electron chi connectivity index (χ2n) is 7.77. The van der Waals surface area contributed by atoms with Gasteiger partial charge in [-0.05, 0) is 23.3 Å². The van der Waals surface area contributed by atoms with E-state index in [0.29, 0.717) is 24.0 Å². The largest absolute Gasteiger partial charge is 0.479 e. The van der Waals surface area contributed by atoms with Crippen LogP contribution in [0.4, 0.5) is 10.4 Å². The van der Waals surface area contributed by atoms with E-state index < -0.39 is 12.1 Å². The lowest BCUT2D eigenvalue weighted by Crippen LogP contribution is -2.46. The third-order valence-electron chi connectivity index (χ3n) is 5.60. The number of carboxylic acids is 1. The number of oxazole rings is 1. The van der Waals surface area contributed by atoms with Crippen LogP contribution in [0.1, 0.15) is 0 Å². The fourth-order valence-electron chi connectivity index (χ4n) is 3.86. The van der Waals surface area contributed by atoms with Crippen LogP contribution in [0.3, 0.4) is 0 Å². The Balaban J connectivity index is 1.52. The van der Waals surface area contributed by atoms with Crippen molar-refractivity contribution >= 4 is 12.0 Å². The van der Waals surface area contributed by atoms with E-state index in [1.165, 1.54) is 12.1 Å². The summed E-state index contributed by atoms with van der Waals surface area (Å²) in [6.07, 6.45) is -0.927. The van der Waals surface area contributed by atoms with Crippen LogP contribution in [0.5, 0.6) is 0 Å². The lowest BCUT2D eigenvalue weighted by atomic mass is 10.0. The minimum absolute atomic E-state index is 0.160. The number of anilines is 1. The maximum atomic E-state index is 13.3. The molecule has 0 saturated carbocycles. The van der Waals surface area contributed by atoms with Gasteiger partial charge in [0.15, 0.2) is 11.9 Å². The molecule has 1 aliphatic heterocycles. The Hall–Kier alpha value is -3.97. The predicted octanol–water partition coefficient (Wildman–Crippen LogP) is 5.10. The maximum absolute atomic E-state index is 13.3. The molecule has 4 aromatic rings. The van der Waals surface area contributed by atoms with Crippen molar-refractivity contribution in [2.24, 2.45) is 0 Å². The number of benzene rings is 3. The van der Waals surface area contributed by atoms with Crippen molar-refractivity contribution in [3.63, 3.8) is 0 Å². The molecule has 3 aromatic carbocycles. The molecule has 1 aromatic heterocycles. The van der Waals surface area contributed by atoms with Gasteiger partial charge in [0.05, 0.1) is 13.2 Å². The van der Waals surface area contributed by atoms with Crippen molar-refractivity contribution in [3.05, 3.63) is 84.7 Å². The number of ether oxygens (including phenoxy) is 1. The number of hydrogen-bond donors (Lipinski definition) is 1. The minimum atomic E-state index is -1.01. The van der Waals surface area contributed by atoms with Crippen LogP contribution in [0, 0.1) is 5.82 Å². The molecule has 1 fully saturated rings. The van der Waals surface area contributed by atoms with Crippen LogP contribution in [-0.4, -0.2) is 41.9 Å². The zero-order valence-electron chi connectivity index (χ0n) is 17.6. The quantitative estimate of drug-likeness (QED) is 0.461. The number of morpholine rings is 1. The van der Waals surface area contributed by atoms with Crippen molar-refractivity contribution in [1.29, 1.82) is 0 Å². The Morgan fingerprint density at radius 2 is 1.55 bits per heavy atom. The summed E-state index contributed by atoms with van der Waals surface area (Å²) in [4.78, 5) is 17.9. The van der Waals surface area contributed by atoms with E-state index in [9.17, 15) is 14.3 Å². The van der Waals surface area contributed by atoms with Crippen LogP contribution < -0.4 is 4.90 Å². The highest BCUT2D eigenvalue weighted by atomic mass is 19.1. The summed E-state index contributed by atoms with van der Waals surface area (Å²) in [5.74, 6) is -0.670. The molecule has 6 nitrogen and oxygen atoms in total. The van der Waals surface area contributed by atoms with Crippen LogP contribution in [0.25, 0.3) is 33.7 Å². The minimum Gasteiger partial charge on any atom is -0.479 e. The molecule has 1 aliphatic rings. The average Bonchev–Trinajstić information content (AvgIpc) is 3.31. The van der Waals surface area contributed by atoms with Gasteiger partial charge in [-0.1, -0.05) is 66.7 Å². The first kappa shape index (κ1) is 20.9. The zero-order valence-corrected chi connectivity index (χ0v) is 17.6. The number of halogens is 1. The Morgan fingerprint density at radius 1 is 0.909 bits per heavy atom. The second-order valence-corrected chi connectivity index (χ2v) is 7.77. The molecule has 1 unspecified atom stereocenters. The number of rotatable bonds is 5. The highest BCUT2D eigenvalue weighted by Crippen LogP contribution is 2.36. The van der Waals surface area contributed by atoms with Crippen molar-refractivity contribution in [2.75, 3.05) is 24.6 Å². The fourth-order valence-corrected chi connectivity index (χ4v) is 3.86. The summed E-state index contributed by atoms with van der Waals surface area (Å²) in [6.45, 7) is 0.927. The third-order valence-corrected chi connectivity index (χ3v) is 5.60. The summed E-state index contributed by atoms with van der Waals surface area (Å²) >= 11 is 0. The first-order chi connectivity index (χ1) is 16.1. The molecule has 1 atom stereocenters. The SMILES string of the molecule is O=C(O)C1CN(c2nc(-c3ccc(-c4ccc(F)cc4)cc3)c(-c3ccccc3)o2)CCO1. The van der Waals surface area contributed by atoms with Crippen LogP contribution in [0.15, 0.2) is 83.3 Å². The Morgan fingerprint density at radius 3 is 2.21 bits per heavy atom. The van der Waals surface area contributed by atoms with Crippen molar-refractivity contribution in [3.8, 4) is 33.7 Å². The average molecular weight is 444 g/mol. The van der Waals surface area contributed by atoms with Crippen LogP contribution in [-0.2, 0) is 9.53 Å². The van der Waals surface area contributed by atoms with E-state index in [2.05, 4.69) is 0 Å². The van der Waals surface area contributed by atoms with Gasteiger partial charge in [-0.2, -0.15) is 4.98 Å². The van der Waals surface area contributed by atoms with Crippen molar-refractivity contribution in [2.45, 2.75) is 6.10 Å². The molecule has 2 heterocycles. The van der Waals surface area contributed by atoms with E-state index >= 15 is 0 Å². The van der Waals surface area contributed by atoms with Gasteiger partial charge >= 0.3 is 5.97 Å². The molecule has 166 valence electrons. The number of hydrogen-bond acceptors (Lipinski definition) is 5. The molecule has 0 aliphatic carbocycles. The van der Waals surface area contributed by atoms with E-state index in [1.54, 1.807) is 17.0 Å². The normalized spacial score (nSPS) is 16.0. The van der Waals surface area contributed by atoms with Gasteiger partial charge in [0, 0.05) is 17.7 Å². The Kier molecular flexibility index (Phi) is 5.62. The lowest BCUT2D eigenvalue weighted by Gasteiger charge is -2.29. The highest BCUT2D eigenvalue weighted by Gasteiger charge is 2.30. The van der Waals surface area contributed by atoms with Gasteiger partial charge in [-0.25, -0.2) is 9.18 Å². The second kappa shape index (κ2) is 8.88. The van der Waals surface area contributed by atoms with Crippen LogP contribution >= 0.6 is 0 Å². The highest BCUT2D eigenvalue weighted by molar-refractivity contribution is 5.80. The standard InChI is InChI=1S/C26H21FN2O4/c27-21-12-10-18(11-13-21)17-6-8-19(9-7-17)23-24(20-4-2-1-3-5-20)33-26(28-23)29-14-15-32-22(16-29)25(30)31/h1-13,22H,14-16H2,(H,30,31). The summed E-state index contributed by atoms with van der Waals surface area (Å²) in [5, 5.41) is 9.33. The third kappa shape index (κ3) is 4.36. The molecule has 0 spiro atoms. The van der Waals surface area contributed by atoms with Crippen LogP contribution in [0.2, 0.25) is 0 Å².